The molecule has 0 aromatic carbocycles. The molecule has 0 bridgehead atoms. The van der Waals surface area contributed by atoms with Crippen LogP contribution in [0, 0.1) is 0 Å². The van der Waals surface area contributed by atoms with Gasteiger partial charge in [0.2, 0.25) is 0 Å². The fourth-order valence-electron chi connectivity index (χ4n) is 6.79. The molecule has 0 aromatic rings. The molecule has 0 atom stereocenters. The second-order valence-electron chi connectivity index (χ2n) is 17.4. The summed E-state index contributed by atoms with van der Waals surface area (Å²) in [5.74, 6) is 0. The Morgan fingerprint density at radius 2 is 0.344 bits per heavy atom. The summed E-state index contributed by atoms with van der Waals surface area (Å²) in [6, 6.07) is 0. The third kappa shape index (κ3) is 100. The van der Waals surface area contributed by atoms with Crippen LogP contribution in [-0.2, 0) is 21.7 Å². The Kier molecular flexibility index (Phi) is 90.5. The van der Waals surface area contributed by atoms with Crippen molar-refractivity contribution in [1.29, 1.82) is 0 Å². The number of hydrogen-bond acceptors (Lipinski definition) is 7. The smallest absolute Gasteiger partial charge is 0.396 e. The van der Waals surface area contributed by atoms with Crippen molar-refractivity contribution in [1.82, 2.24) is 0 Å². The van der Waals surface area contributed by atoms with Gasteiger partial charge in [-0.3, -0.25) is 0 Å². The third-order valence-corrected chi connectivity index (χ3v) is 11.8. The van der Waals surface area contributed by atoms with E-state index in [0.29, 0.717) is 26.4 Å². The van der Waals surface area contributed by atoms with Crippen LogP contribution in [0.3, 0.4) is 0 Å². The van der Waals surface area contributed by atoms with Crippen LogP contribution < -0.4 is 0 Å². The molecule has 0 amide bonds. The van der Waals surface area contributed by atoms with Gasteiger partial charge >= 0.3 is 7.94 Å². The Bertz CT molecular complexity index is 563. The van der Waals surface area contributed by atoms with E-state index in [-0.39, 0.29) is 27.9 Å². The predicted octanol–water partition coefficient (Wildman–Crippen LogP) is 16.1. The summed E-state index contributed by atoms with van der Waals surface area (Å²) >= 11 is 0. The van der Waals surface area contributed by atoms with Gasteiger partial charge in [-0.15, -0.1) is 0 Å². The van der Waals surface area contributed by atoms with Crippen LogP contribution >= 0.6 is 7.94 Å². The normalized spacial score (nSPS) is 10.6. The molecule has 0 aliphatic heterocycles. The first-order valence-corrected chi connectivity index (χ1v) is 28.5. The average Bonchev–Trinajstić information content (AvgIpc) is 3.24. The van der Waals surface area contributed by atoms with Gasteiger partial charge in [0.05, 0.1) is 0 Å². The Morgan fingerprint density at radius 1 is 0.213 bits per heavy atom. The van der Waals surface area contributed by atoms with Gasteiger partial charge < -0.3 is 20.4 Å². The molecule has 0 fully saturated rings. The molecule has 374 valence electrons. The van der Waals surface area contributed by atoms with Gasteiger partial charge in [0.15, 0.2) is 0 Å². The summed E-state index contributed by atoms with van der Waals surface area (Å²) in [7, 11) is -3.51. The second kappa shape index (κ2) is 75.2. The fourth-order valence-corrected chi connectivity index (χ4v) is 7.44. The van der Waals surface area contributed by atoms with E-state index in [1.807, 2.05) is 0 Å². The molecular formula is C52H116O7PTi+. The third-order valence-electron chi connectivity index (χ3n) is 10.9. The minimum Gasteiger partial charge on any atom is -0.396 e. The topological polar surface area (TPSA) is 142 Å². The molecule has 0 aliphatic carbocycles. The maximum atomic E-state index is 8.87. The van der Waals surface area contributed by atoms with E-state index in [4.69, 9.17) is 35.1 Å². The first kappa shape index (κ1) is 73.4. The summed E-state index contributed by atoms with van der Waals surface area (Å²) in [6.45, 7) is 12.6. The van der Waals surface area contributed by atoms with Gasteiger partial charge in [-0.2, -0.15) is 14.7 Å². The summed E-state index contributed by atoms with van der Waals surface area (Å²) in [6.07, 6.45) is 53.9. The second-order valence-corrected chi connectivity index (χ2v) is 19.2. The summed E-state index contributed by atoms with van der Waals surface area (Å²) in [5, 5.41) is 33.7. The monoisotopic (exact) mass is 932 g/mol. The van der Waals surface area contributed by atoms with E-state index in [9.17, 15) is 0 Å². The summed E-state index contributed by atoms with van der Waals surface area (Å²) in [4.78, 5) is 26.6. The minimum absolute atomic E-state index is 0. The molecule has 7 nitrogen and oxygen atoms in total. The van der Waals surface area contributed by atoms with Gasteiger partial charge in [-0.05, 0) is 38.5 Å². The van der Waals surface area contributed by atoms with Gasteiger partial charge in [0.1, 0.15) is 6.16 Å². The predicted molar refractivity (Wildman–Crippen MR) is 269 cm³/mol. The van der Waals surface area contributed by atoms with E-state index in [1.54, 1.807) is 0 Å². The van der Waals surface area contributed by atoms with E-state index in [1.165, 1.54) is 225 Å². The van der Waals surface area contributed by atoms with Crippen molar-refractivity contribution >= 4 is 7.94 Å². The maximum absolute atomic E-state index is 8.87. The van der Waals surface area contributed by atoms with Crippen LogP contribution in [0.15, 0.2) is 0 Å². The van der Waals surface area contributed by atoms with Crippen molar-refractivity contribution in [2.45, 2.75) is 304 Å². The van der Waals surface area contributed by atoms with Crippen molar-refractivity contribution in [2.24, 2.45) is 0 Å². The first-order valence-electron chi connectivity index (χ1n) is 26.7. The molecule has 0 heterocycles. The van der Waals surface area contributed by atoms with Crippen molar-refractivity contribution in [3.8, 4) is 0 Å². The molecule has 0 spiro atoms. The Morgan fingerprint density at radius 3 is 0.475 bits per heavy atom. The van der Waals surface area contributed by atoms with Gasteiger partial charge in [-0.25, -0.2) is 0 Å². The molecule has 7 N–H and O–H groups in total. The van der Waals surface area contributed by atoms with Crippen LogP contribution in [0.25, 0.3) is 0 Å². The quantitative estimate of drug-likeness (QED) is 0.0183. The van der Waals surface area contributed by atoms with Gasteiger partial charge in [-0.1, -0.05) is 266 Å². The van der Waals surface area contributed by atoms with Gasteiger partial charge in [0, 0.05) is 48.1 Å². The molecule has 0 saturated heterocycles. The molecule has 9 heteroatoms. The first-order chi connectivity index (χ1) is 29.2. The molecule has 0 aliphatic rings. The number of aliphatic hydroxyl groups excluding tert-OH is 4. The zero-order chi connectivity index (χ0) is 45.7. The van der Waals surface area contributed by atoms with Gasteiger partial charge in [0.25, 0.3) is 0 Å². The van der Waals surface area contributed by atoms with Crippen molar-refractivity contribution in [3.63, 3.8) is 0 Å². The molecular weight excluding hydrogens is 815 g/mol. The van der Waals surface area contributed by atoms with E-state index in [0.717, 1.165) is 44.9 Å². The zero-order valence-electron chi connectivity index (χ0n) is 42.3. The number of rotatable bonds is 43. The molecule has 61 heavy (non-hydrogen) atoms. The van der Waals surface area contributed by atoms with Crippen LogP contribution in [0.5, 0.6) is 0 Å². The summed E-state index contributed by atoms with van der Waals surface area (Å²) < 4.78 is 0. The van der Waals surface area contributed by atoms with Crippen molar-refractivity contribution < 1.29 is 56.8 Å². The molecule has 0 unspecified atom stereocenters. The van der Waals surface area contributed by atoms with Crippen molar-refractivity contribution in [2.75, 3.05) is 32.6 Å². The minimum atomic E-state index is -3.51. The number of hydrogen-bond donors (Lipinski definition) is 7. The van der Waals surface area contributed by atoms with Crippen LogP contribution in [-0.4, -0.2) is 67.7 Å². The van der Waals surface area contributed by atoms with Crippen LogP contribution in [0.2, 0.25) is 0 Å². The van der Waals surface area contributed by atoms with Crippen LogP contribution in [0.1, 0.15) is 304 Å². The number of unbranched alkanes of at least 4 members (excludes halogenated alkanes) is 37. The molecule has 0 saturated carbocycles. The fraction of sp³-hybridized carbons (Fsp3) is 1.00. The Balaban J connectivity index is -0.000000170. The standard InChI is InChI=1S/C20H44O3P.4C8H18O.Ti/c1-2-3-4-5-6-7-8-9-10-11-12-13-14-15-16-17-18-19-20-24(21,22)23;4*1-2-3-4-5-6-7-8-9;/h21-23H,2-20H2,1H3;4*9H,2-8H2,1H3;/q+1;;;;;. The largest absolute Gasteiger partial charge is 0.403 e. The molecule has 0 aromatic heterocycles. The average molecular weight is 932 g/mol. The summed E-state index contributed by atoms with van der Waals surface area (Å²) in [5.41, 5.74) is 0. The van der Waals surface area contributed by atoms with E-state index >= 15 is 0 Å². The Labute approximate surface area is 399 Å². The maximum Gasteiger partial charge on any atom is 0.403 e. The zero-order valence-corrected chi connectivity index (χ0v) is 44.8. The SMILES string of the molecule is CCCCCCCCCCCCCCCCCCCC[P+](O)(O)O.CCCCCCCCO.CCCCCCCCO.CCCCCCCCO.CCCCCCCCO.[Ti]. The van der Waals surface area contributed by atoms with E-state index < -0.39 is 7.94 Å². The molecule has 0 radical (unpaired) electrons. The molecule has 0 rings (SSSR count). The van der Waals surface area contributed by atoms with Crippen molar-refractivity contribution in [3.05, 3.63) is 0 Å². The Hall–Kier alpha value is 0.864. The van der Waals surface area contributed by atoms with Crippen LogP contribution in [0.4, 0.5) is 0 Å². The number of aliphatic hydroxyl groups is 4. The van der Waals surface area contributed by atoms with E-state index in [2.05, 4.69) is 34.6 Å².